The van der Waals surface area contributed by atoms with Crippen molar-refractivity contribution in [1.29, 1.82) is 0 Å². The van der Waals surface area contributed by atoms with Crippen LogP contribution in [-0.4, -0.2) is 88.9 Å². The Morgan fingerprint density at radius 3 is 2.45 bits per heavy atom. The molecule has 0 spiro atoms. The highest BCUT2D eigenvalue weighted by Crippen LogP contribution is 2.65. The number of ketones is 2. The third kappa shape index (κ3) is 1.89. The quantitative estimate of drug-likeness (QED) is 0.556. The molecule has 9 atom stereocenters. The van der Waals surface area contributed by atoms with Crippen LogP contribution in [0.5, 0.6) is 0 Å². The molecule has 6 fully saturated rings. The van der Waals surface area contributed by atoms with Crippen LogP contribution in [0.4, 0.5) is 0 Å². The second-order valence-corrected chi connectivity index (χ2v) is 11.7. The minimum Gasteiger partial charge on any atom is -0.391 e. The number of aliphatic hydroxyl groups excluding tert-OH is 2. The molecule has 0 aromatic rings. The molecule has 0 radical (unpaired) electrons. The Kier molecular flexibility index (Phi) is 3.58. The maximum atomic E-state index is 14.1. The molecule has 4 heterocycles. The summed E-state index contributed by atoms with van der Waals surface area (Å²) >= 11 is 2.46. The monoisotopic (exact) mass is 438 g/mol. The Bertz CT molecular complexity index is 883. The number of nitrogens with zero attached hydrogens (tertiary/aromatic N) is 2. The Hall–Kier alpha value is -1.10. The third-order valence-electron chi connectivity index (χ3n) is 8.02. The molecule has 6 rings (SSSR count). The van der Waals surface area contributed by atoms with Gasteiger partial charge in [0.15, 0.2) is 9.74 Å². The lowest BCUT2D eigenvalue weighted by Gasteiger charge is -2.58. The van der Waals surface area contributed by atoms with Crippen molar-refractivity contribution in [3.63, 3.8) is 0 Å². The number of hydrogen-bond donors (Lipinski definition) is 2. The van der Waals surface area contributed by atoms with E-state index >= 15 is 0 Å². The van der Waals surface area contributed by atoms with E-state index in [1.165, 1.54) is 33.3 Å². The number of fused-ring (bicyclic) bond motifs is 4. The summed E-state index contributed by atoms with van der Waals surface area (Å²) in [6.45, 7) is 0. The van der Waals surface area contributed by atoms with E-state index in [9.17, 15) is 29.4 Å². The molecule has 156 valence electrons. The first-order valence-corrected chi connectivity index (χ1v) is 12.2. The fourth-order valence-electron chi connectivity index (χ4n) is 6.79. The van der Waals surface area contributed by atoms with Gasteiger partial charge in [-0.25, -0.2) is 0 Å². The second-order valence-electron chi connectivity index (χ2n) is 9.12. The molecule has 6 aliphatic rings. The largest absolute Gasteiger partial charge is 0.391 e. The van der Waals surface area contributed by atoms with Gasteiger partial charge in [-0.2, -0.15) is 0 Å². The summed E-state index contributed by atoms with van der Waals surface area (Å²) in [5.74, 6) is -1.66. The number of amides is 2. The zero-order chi connectivity index (χ0) is 20.5. The molecule has 29 heavy (non-hydrogen) atoms. The van der Waals surface area contributed by atoms with Gasteiger partial charge in [0.2, 0.25) is 0 Å². The van der Waals surface area contributed by atoms with Crippen molar-refractivity contribution in [3.05, 3.63) is 0 Å². The number of carbonyl (C=O) groups is 4. The van der Waals surface area contributed by atoms with Gasteiger partial charge in [-0.3, -0.25) is 19.2 Å². The van der Waals surface area contributed by atoms with E-state index in [4.69, 9.17) is 0 Å². The van der Waals surface area contributed by atoms with Gasteiger partial charge in [0.1, 0.15) is 11.6 Å². The number of rotatable bonds is 1. The van der Waals surface area contributed by atoms with Gasteiger partial charge in [-0.15, -0.1) is 23.5 Å². The minimum atomic E-state index is -1.26. The molecule has 0 aromatic carbocycles. The molecular weight excluding hydrogens is 416 g/mol. The van der Waals surface area contributed by atoms with Gasteiger partial charge in [0, 0.05) is 42.8 Å². The summed E-state index contributed by atoms with van der Waals surface area (Å²) in [5.41, 5.74) is 0. The zero-order valence-electron chi connectivity index (χ0n) is 15.8. The molecule has 3 bridgehead atoms. The Morgan fingerprint density at radius 1 is 1.00 bits per heavy atom. The average Bonchev–Trinajstić information content (AvgIpc) is 3.15. The highest BCUT2D eigenvalue weighted by molar-refractivity contribution is 8.02. The molecule has 1 unspecified atom stereocenters. The van der Waals surface area contributed by atoms with E-state index < -0.39 is 51.1 Å². The first-order valence-electron chi connectivity index (χ1n) is 10.1. The van der Waals surface area contributed by atoms with Crippen molar-refractivity contribution in [2.45, 2.75) is 71.4 Å². The molecule has 2 aliphatic carbocycles. The molecule has 4 saturated heterocycles. The first kappa shape index (κ1) is 18.7. The highest BCUT2D eigenvalue weighted by atomic mass is 32.2. The molecule has 2 amide bonds. The zero-order valence-corrected chi connectivity index (χ0v) is 17.4. The Labute approximate surface area is 175 Å². The highest BCUT2D eigenvalue weighted by Gasteiger charge is 2.78. The summed E-state index contributed by atoms with van der Waals surface area (Å²) in [4.78, 5) is 53.9. The van der Waals surface area contributed by atoms with Gasteiger partial charge < -0.3 is 20.0 Å². The van der Waals surface area contributed by atoms with E-state index in [-0.39, 0.29) is 55.5 Å². The van der Waals surface area contributed by atoms with Crippen LogP contribution in [0.25, 0.3) is 0 Å². The molecular formula is C19H22N2O6S2. The predicted molar refractivity (Wildman–Crippen MR) is 104 cm³/mol. The van der Waals surface area contributed by atoms with Crippen LogP contribution < -0.4 is 0 Å². The van der Waals surface area contributed by atoms with Gasteiger partial charge in [0.25, 0.3) is 11.8 Å². The summed E-state index contributed by atoms with van der Waals surface area (Å²) < 4.78 is 0. The fourth-order valence-corrected chi connectivity index (χ4v) is 9.66. The first-order chi connectivity index (χ1) is 13.8. The topological polar surface area (TPSA) is 115 Å². The Balaban J connectivity index is 1.54. The van der Waals surface area contributed by atoms with Crippen molar-refractivity contribution in [1.82, 2.24) is 9.80 Å². The van der Waals surface area contributed by atoms with Crippen LogP contribution in [0.1, 0.15) is 32.1 Å². The van der Waals surface area contributed by atoms with Crippen LogP contribution in [-0.2, 0) is 19.2 Å². The Morgan fingerprint density at radius 2 is 1.72 bits per heavy atom. The molecule has 2 N–H and O–H groups in total. The lowest BCUT2D eigenvalue weighted by atomic mass is 9.80. The number of aliphatic hydroxyl groups is 2. The molecule has 8 nitrogen and oxygen atoms in total. The smallest absolute Gasteiger partial charge is 0.261 e. The van der Waals surface area contributed by atoms with Crippen LogP contribution in [0.3, 0.4) is 0 Å². The van der Waals surface area contributed by atoms with Crippen LogP contribution in [0.15, 0.2) is 0 Å². The molecule has 4 aliphatic heterocycles. The number of hydrogen-bond acceptors (Lipinski definition) is 8. The van der Waals surface area contributed by atoms with Crippen LogP contribution in [0, 0.1) is 11.8 Å². The van der Waals surface area contributed by atoms with E-state index in [1.807, 2.05) is 0 Å². The maximum Gasteiger partial charge on any atom is 0.261 e. The number of thioether (sulfide) groups is 2. The third-order valence-corrected chi connectivity index (χ3v) is 10.9. The average molecular weight is 439 g/mol. The van der Waals surface area contributed by atoms with Crippen LogP contribution >= 0.6 is 23.5 Å². The normalized spacial score (nSPS) is 52.7. The van der Waals surface area contributed by atoms with Gasteiger partial charge in [0.05, 0.1) is 24.3 Å². The van der Waals surface area contributed by atoms with E-state index in [1.54, 1.807) is 6.26 Å². The summed E-state index contributed by atoms with van der Waals surface area (Å²) in [5, 5.41) is 21.2. The van der Waals surface area contributed by atoms with Crippen molar-refractivity contribution >= 4 is 46.9 Å². The summed E-state index contributed by atoms with van der Waals surface area (Å²) in [7, 11) is 0. The SMILES string of the molecule is CS[C@@]12CC3C(=O)CC[C@H](O)[C@H]3N1C(=O)[C@@]13C[C@H]4C(=O)C[C@@H](S1)[C@H](O)[C@H]4N3C2=O. The standard InChI is InChI=1S/C19H22N2O6S2/c1-28-18-5-7-9(22)2-3-10(23)13(7)20(18)17(27)19-6-8-11(24)4-12(29-19)15(25)14(8)21(19)16(18)26/h7-8,10,12-15,23,25H,2-6H2,1H3/t7?,8-,10-,12+,13-,14-,15-,18+,19+/m0/s1. The number of Topliss-reactive ketones (excluding diaryl/α,β-unsaturated/α-hetero) is 2. The van der Waals surface area contributed by atoms with Crippen molar-refractivity contribution in [2.24, 2.45) is 11.8 Å². The van der Waals surface area contributed by atoms with Gasteiger partial charge >= 0.3 is 0 Å². The molecule has 0 aromatic heterocycles. The van der Waals surface area contributed by atoms with E-state index in [0.717, 1.165) is 0 Å². The van der Waals surface area contributed by atoms with Crippen molar-refractivity contribution < 1.29 is 29.4 Å². The lowest BCUT2D eigenvalue weighted by molar-refractivity contribution is -0.172. The van der Waals surface area contributed by atoms with Crippen LogP contribution in [0.2, 0.25) is 0 Å². The van der Waals surface area contributed by atoms with Gasteiger partial charge in [-0.05, 0) is 12.7 Å². The summed E-state index contributed by atoms with van der Waals surface area (Å²) in [6.07, 6.45) is 1.22. The predicted octanol–water partition coefficient (Wildman–Crippen LogP) is -0.637. The number of carbonyl (C=O) groups excluding carboxylic acids is 4. The lowest BCUT2D eigenvalue weighted by Crippen LogP contribution is -2.77. The fraction of sp³-hybridized carbons (Fsp3) is 0.789. The minimum absolute atomic E-state index is 0.00714. The van der Waals surface area contributed by atoms with E-state index in [0.29, 0.717) is 0 Å². The molecule has 10 heteroatoms. The maximum absolute atomic E-state index is 14.1. The van der Waals surface area contributed by atoms with Crippen molar-refractivity contribution in [3.8, 4) is 0 Å². The van der Waals surface area contributed by atoms with Crippen molar-refractivity contribution in [2.75, 3.05) is 6.26 Å². The molecule has 2 saturated carbocycles. The summed E-state index contributed by atoms with van der Waals surface area (Å²) in [6, 6.07) is -1.37. The van der Waals surface area contributed by atoms with Gasteiger partial charge in [-0.1, -0.05) is 0 Å². The van der Waals surface area contributed by atoms with E-state index in [2.05, 4.69) is 0 Å². The number of piperazine rings is 1. The second kappa shape index (κ2) is 5.57.